The molecule has 5 atom stereocenters. The summed E-state index contributed by atoms with van der Waals surface area (Å²) in [5.74, 6) is -4.93. The van der Waals surface area contributed by atoms with Crippen LogP contribution in [-0.4, -0.2) is 80.2 Å². The number of likely N-dealkylation sites (tertiary alicyclic amines) is 1. The van der Waals surface area contributed by atoms with E-state index in [2.05, 4.69) is 20.5 Å². The van der Waals surface area contributed by atoms with Gasteiger partial charge in [-0.05, 0) is 67.3 Å². The number of aromatic nitrogens is 1. The molecule has 8 nitrogen and oxygen atoms in total. The van der Waals surface area contributed by atoms with Crippen LogP contribution in [0.5, 0.6) is 0 Å². The highest BCUT2D eigenvalue weighted by Crippen LogP contribution is 2.51. The van der Waals surface area contributed by atoms with Gasteiger partial charge < -0.3 is 25.3 Å². The summed E-state index contributed by atoms with van der Waals surface area (Å²) in [6, 6.07) is 6.14. The van der Waals surface area contributed by atoms with Gasteiger partial charge in [0.15, 0.2) is 0 Å². The largest absolute Gasteiger partial charge is 0.335 e. The third-order valence-corrected chi connectivity index (χ3v) is 11.7. The number of alkyl halides is 2. The second kappa shape index (κ2) is 11.6. The quantitative estimate of drug-likeness (QED) is 0.443. The molecule has 1 aromatic carbocycles. The number of piperazine rings is 1. The summed E-state index contributed by atoms with van der Waals surface area (Å²) < 4.78 is 45.1. The van der Waals surface area contributed by atoms with Gasteiger partial charge in [0.25, 0.3) is 11.8 Å². The lowest BCUT2D eigenvalue weighted by molar-refractivity contribution is -0.695. The highest BCUT2D eigenvalue weighted by atomic mass is 35.5. The summed E-state index contributed by atoms with van der Waals surface area (Å²) >= 11 is 13.4. The van der Waals surface area contributed by atoms with Gasteiger partial charge in [0.1, 0.15) is 29.1 Å². The maximum atomic E-state index is 15.1. The molecule has 1 saturated carbocycles. The Kier molecular flexibility index (Phi) is 8.07. The molecule has 7 rings (SSSR count). The van der Waals surface area contributed by atoms with Crippen molar-refractivity contribution in [1.29, 1.82) is 0 Å². The monoisotopic (exact) mass is 695 g/mol. The van der Waals surface area contributed by atoms with Crippen molar-refractivity contribution in [3.05, 3.63) is 74.3 Å². The van der Waals surface area contributed by atoms with E-state index in [-0.39, 0.29) is 34.1 Å². The van der Waals surface area contributed by atoms with E-state index in [1.54, 1.807) is 23.2 Å². The molecular weight excluding hydrogens is 660 g/mol. The number of rotatable bonds is 5. The maximum Gasteiger partial charge on any atom is 0.267 e. The van der Waals surface area contributed by atoms with Gasteiger partial charge in [-0.1, -0.05) is 43.1 Å². The fourth-order valence-corrected chi connectivity index (χ4v) is 9.17. The molecule has 4 aliphatic heterocycles. The Labute approximate surface area is 280 Å². The lowest BCUT2D eigenvalue weighted by Crippen LogP contribution is -2.87. The van der Waals surface area contributed by atoms with Crippen LogP contribution >= 0.6 is 35.0 Å². The molecule has 2 amide bonds. The highest BCUT2D eigenvalue weighted by molar-refractivity contribution is 8.04. The highest BCUT2D eigenvalue weighted by Gasteiger charge is 2.58. The fourth-order valence-electron chi connectivity index (χ4n) is 7.42. The van der Waals surface area contributed by atoms with Crippen molar-refractivity contribution >= 4 is 46.8 Å². The summed E-state index contributed by atoms with van der Waals surface area (Å²) in [7, 11) is 0. The summed E-state index contributed by atoms with van der Waals surface area (Å²) in [6.07, 6.45) is 2.86. The van der Waals surface area contributed by atoms with Gasteiger partial charge in [0.2, 0.25) is 11.4 Å². The van der Waals surface area contributed by atoms with Crippen molar-refractivity contribution in [3.8, 4) is 0 Å². The number of pyridine rings is 1. The number of allylic oxidation sites excluding steroid dienone is 1. The van der Waals surface area contributed by atoms with Gasteiger partial charge in [-0.2, -0.15) is 0 Å². The second-order valence-corrected chi connectivity index (χ2v) is 15.4. The molecule has 246 valence electrons. The Bertz CT molecular complexity index is 1610. The van der Waals surface area contributed by atoms with E-state index >= 15 is 8.78 Å². The van der Waals surface area contributed by atoms with Crippen LogP contribution in [0.15, 0.2) is 47.1 Å². The minimum atomic E-state index is -3.19. The van der Waals surface area contributed by atoms with Gasteiger partial charge in [-0.15, -0.1) is 0 Å². The Balaban J connectivity index is 1.25. The van der Waals surface area contributed by atoms with Crippen molar-refractivity contribution in [3.63, 3.8) is 0 Å². The predicted molar refractivity (Wildman–Crippen MR) is 169 cm³/mol. The zero-order chi connectivity index (χ0) is 32.7. The van der Waals surface area contributed by atoms with Crippen LogP contribution in [0, 0.1) is 11.7 Å². The van der Waals surface area contributed by atoms with Crippen LogP contribution in [0.4, 0.5) is 13.2 Å². The third-order valence-electron chi connectivity index (χ3n) is 9.93. The standard InChI is InChI=1S/C32H35Cl2F3N6O2S/c1-16(2)25-27(29(45)42-15-32(36,37)11-22(42)28(44)41-14-31(8-9-31)39-12-17(41)3)46-30-40-24(19-5-7-23(34)38-13-19)26(43(25)30)18-4-6-20(33)21(35)10-18/h4-7,10,13,16-17,22,24,26,30,39-40H,8-9,11-12,14-15H2,1-3H3/p+1. The molecule has 5 unspecified atom stereocenters. The van der Waals surface area contributed by atoms with Crippen molar-refractivity contribution in [1.82, 2.24) is 25.0 Å². The number of quaternary nitrogens is 1. The summed E-state index contributed by atoms with van der Waals surface area (Å²) in [5.41, 5.74) is 1.70. The first-order chi connectivity index (χ1) is 21.8. The number of fused-ring (bicyclic) bond motifs is 1. The Morgan fingerprint density at radius 2 is 1.85 bits per heavy atom. The van der Waals surface area contributed by atoms with Crippen LogP contribution in [-0.2, 0) is 9.59 Å². The lowest BCUT2D eigenvalue weighted by atomic mass is 9.93. The Morgan fingerprint density at radius 1 is 1.11 bits per heavy atom. The van der Waals surface area contributed by atoms with Crippen LogP contribution in [0.25, 0.3) is 0 Å². The van der Waals surface area contributed by atoms with Crippen molar-refractivity contribution in [2.45, 2.75) is 81.2 Å². The lowest BCUT2D eigenvalue weighted by Gasteiger charge is -2.41. The van der Waals surface area contributed by atoms with Gasteiger partial charge in [0.05, 0.1) is 16.5 Å². The van der Waals surface area contributed by atoms with Crippen LogP contribution in [0.3, 0.4) is 0 Å². The average molecular weight is 697 g/mol. The number of nitrogens with one attached hydrogen (secondary N) is 1. The number of hydrogen-bond donors (Lipinski definition) is 2. The molecule has 3 saturated heterocycles. The predicted octanol–water partition coefficient (Wildman–Crippen LogP) is 4.68. The molecule has 0 radical (unpaired) electrons. The van der Waals surface area contributed by atoms with E-state index in [1.807, 2.05) is 26.8 Å². The number of carbonyl (C=O) groups is 2. The van der Waals surface area contributed by atoms with Crippen molar-refractivity contribution < 1.29 is 28.1 Å². The second-order valence-electron chi connectivity index (χ2n) is 13.5. The molecule has 1 aliphatic carbocycles. The maximum absolute atomic E-state index is 15.1. The fraction of sp³-hybridized carbons (Fsp3) is 0.531. The first kappa shape index (κ1) is 32.1. The van der Waals surface area contributed by atoms with E-state index < -0.39 is 48.6 Å². The molecule has 2 aromatic rings. The first-order valence-electron chi connectivity index (χ1n) is 15.6. The number of carbonyl (C=O) groups excluding carboxylic acids is 2. The molecular formula is C32H36Cl2F3N6O2S+. The molecule has 5 aliphatic rings. The topological polar surface area (TPSA) is 85.4 Å². The summed E-state index contributed by atoms with van der Waals surface area (Å²) in [6.45, 7) is 6.02. The van der Waals surface area contributed by atoms with Crippen molar-refractivity contribution in [2.75, 3.05) is 19.6 Å². The van der Waals surface area contributed by atoms with Gasteiger partial charge in [0, 0.05) is 48.5 Å². The number of nitrogens with two attached hydrogens (primary N) is 1. The summed E-state index contributed by atoms with van der Waals surface area (Å²) in [4.78, 5) is 37.8. The molecule has 1 spiro atoms. The van der Waals surface area contributed by atoms with E-state index in [0.717, 1.165) is 23.3 Å². The zero-order valence-electron chi connectivity index (χ0n) is 25.7. The molecule has 1 aromatic heterocycles. The SMILES string of the molecule is CC(C)C1=C(C(=O)N2CC(F)(F)CC2C(=O)N2CC3(CC3)NCC2C)SC2[NH2+]C(c3ccc(Cl)nc3)C(c3ccc(Cl)c(F)c3)N12. The number of halogens is 5. The van der Waals surface area contributed by atoms with Crippen LogP contribution < -0.4 is 10.6 Å². The zero-order valence-corrected chi connectivity index (χ0v) is 28.0. The van der Waals surface area contributed by atoms with Crippen LogP contribution in [0.1, 0.15) is 63.2 Å². The van der Waals surface area contributed by atoms with E-state index in [4.69, 9.17) is 23.2 Å². The number of thioether (sulfide) groups is 1. The minimum absolute atomic E-state index is 0.00430. The van der Waals surface area contributed by atoms with Gasteiger partial charge in [-0.25, -0.2) is 18.2 Å². The number of nitrogens with zero attached hydrogens (tertiary/aromatic N) is 4. The van der Waals surface area contributed by atoms with Gasteiger partial charge >= 0.3 is 0 Å². The van der Waals surface area contributed by atoms with Crippen LogP contribution in [0.2, 0.25) is 10.2 Å². The summed E-state index contributed by atoms with van der Waals surface area (Å²) in [5, 5.41) is 5.91. The van der Waals surface area contributed by atoms with E-state index in [9.17, 15) is 14.0 Å². The molecule has 3 N–H and O–H groups in total. The Morgan fingerprint density at radius 3 is 2.50 bits per heavy atom. The molecule has 4 fully saturated rings. The van der Waals surface area contributed by atoms with Crippen molar-refractivity contribution in [2.24, 2.45) is 5.92 Å². The Hall–Kier alpha value is -2.51. The molecule has 46 heavy (non-hydrogen) atoms. The number of hydrogen-bond acceptors (Lipinski definition) is 6. The van der Waals surface area contributed by atoms with Gasteiger partial charge in [-0.3, -0.25) is 9.59 Å². The molecule has 0 bridgehead atoms. The third kappa shape index (κ3) is 5.57. The minimum Gasteiger partial charge on any atom is -0.335 e. The molecule has 5 heterocycles. The normalized spacial score (nSPS) is 29.7. The first-order valence-corrected chi connectivity index (χ1v) is 17.3. The van der Waals surface area contributed by atoms with E-state index in [1.165, 1.54) is 23.9 Å². The molecule has 14 heteroatoms. The smallest absolute Gasteiger partial charge is 0.267 e. The van der Waals surface area contributed by atoms with E-state index in [0.29, 0.717) is 34.4 Å². The number of benzene rings is 1. The average Bonchev–Trinajstić information content (AvgIpc) is 3.33. The number of amides is 2.